The highest BCUT2D eigenvalue weighted by atomic mass is 35.5. The van der Waals surface area contributed by atoms with Crippen molar-refractivity contribution < 1.29 is 42.7 Å². The van der Waals surface area contributed by atoms with Crippen molar-refractivity contribution in [3.05, 3.63) is 160 Å². The first kappa shape index (κ1) is 61.1. The Hall–Kier alpha value is -8.56. The lowest BCUT2D eigenvalue weighted by Crippen LogP contribution is -2.52. The lowest BCUT2D eigenvalue weighted by molar-refractivity contribution is -0.136. The number of aromatic amines is 1. The van der Waals surface area contributed by atoms with Crippen LogP contribution in [0.4, 0.5) is 17.1 Å². The molecule has 0 bridgehead atoms. The van der Waals surface area contributed by atoms with Crippen molar-refractivity contribution in [1.82, 2.24) is 44.9 Å². The average Bonchev–Trinajstić information content (AvgIpc) is 4.17. The van der Waals surface area contributed by atoms with Gasteiger partial charge in [-0.15, -0.1) is 5.23 Å². The van der Waals surface area contributed by atoms with Gasteiger partial charge in [0.2, 0.25) is 11.8 Å². The Bertz CT molecular complexity index is 3970. The number of amides is 4. The zero-order valence-electron chi connectivity index (χ0n) is 49.1. The molecule has 6 heterocycles. The number of aromatic nitrogens is 4. The zero-order valence-corrected chi connectivity index (χ0v) is 50.6. The first-order valence-electron chi connectivity index (χ1n) is 29.7. The molecule has 0 spiro atoms. The van der Waals surface area contributed by atoms with E-state index in [1.807, 2.05) is 35.1 Å². The van der Waals surface area contributed by atoms with E-state index in [4.69, 9.17) is 16.3 Å². The number of hydrogen-bond acceptors (Lipinski definition) is 16. The van der Waals surface area contributed by atoms with Crippen LogP contribution in [-0.4, -0.2) is 117 Å². The number of aryl methyl sites for hydroxylation is 1. The number of nitrogens with zero attached hydrogens (tertiary/aromatic N) is 6. The summed E-state index contributed by atoms with van der Waals surface area (Å²) in [6.45, 7) is 10.3. The molecule has 4 aliphatic rings. The van der Waals surface area contributed by atoms with Gasteiger partial charge in [-0.05, 0) is 153 Å². The molecule has 3 aliphatic heterocycles. The van der Waals surface area contributed by atoms with Gasteiger partial charge >= 0.3 is 0 Å². The molecule has 21 nitrogen and oxygen atoms in total. The Balaban J connectivity index is 0.654. The summed E-state index contributed by atoms with van der Waals surface area (Å²) in [5.74, 6) is 5.16. The van der Waals surface area contributed by atoms with Gasteiger partial charge in [0, 0.05) is 110 Å². The summed E-state index contributed by atoms with van der Waals surface area (Å²) in [5, 5.41) is 39.2. The van der Waals surface area contributed by atoms with E-state index in [-0.39, 0.29) is 68.9 Å². The molecule has 1 aliphatic carbocycles. The normalized spacial score (nSPS) is 17.1. The number of piperidine rings is 2. The van der Waals surface area contributed by atoms with Gasteiger partial charge in [0.1, 0.15) is 28.9 Å². The van der Waals surface area contributed by atoms with Crippen LogP contribution < -0.4 is 36.0 Å². The highest BCUT2D eigenvalue weighted by Gasteiger charge is 2.40. The number of H-pyrrole nitrogens is 1. The van der Waals surface area contributed by atoms with Crippen molar-refractivity contribution in [2.45, 2.75) is 102 Å². The number of anilines is 3. The van der Waals surface area contributed by atoms with Crippen LogP contribution in [0.3, 0.4) is 0 Å². The van der Waals surface area contributed by atoms with Gasteiger partial charge in [-0.2, -0.15) is 5.10 Å². The molecule has 23 heteroatoms. The summed E-state index contributed by atoms with van der Waals surface area (Å²) < 4.78 is 38.2. The van der Waals surface area contributed by atoms with Crippen LogP contribution >= 0.6 is 11.6 Å². The highest BCUT2D eigenvalue weighted by Crippen LogP contribution is 2.43. The van der Waals surface area contributed by atoms with Crippen LogP contribution in [-0.2, 0) is 39.2 Å². The number of imide groups is 1. The molecular formula is C65H71ClN12O9S. The first-order chi connectivity index (χ1) is 42.4. The van der Waals surface area contributed by atoms with Gasteiger partial charge in [-0.1, -0.05) is 61.1 Å². The fourth-order valence-corrected chi connectivity index (χ4v) is 13.0. The molecule has 4 amide bonds. The molecule has 458 valence electrons. The van der Waals surface area contributed by atoms with E-state index in [1.54, 1.807) is 36.5 Å². The lowest BCUT2D eigenvalue weighted by atomic mass is 9.72. The summed E-state index contributed by atoms with van der Waals surface area (Å²) >= 11 is 6.22. The Morgan fingerprint density at radius 2 is 1.77 bits per heavy atom. The minimum atomic E-state index is -4.58. The number of allylic oxidation sites excluding steroid dienone is 1. The Kier molecular flexibility index (Phi) is 18.6. The number of hydrogen-bond donors (Lipinski definition) is 8. The van der Waals surface area contributed by atoms with E-state index in [9.17, 15) is 38.0 Å². The Labute approximate surface area is 515 Å². The summed E-state index contributed by atoms with van der Waals surface area (Å²) in [5.41, 5.74) is 8.57. The fourth-order valence-electron chi connectivity index (χ4n) is 11.9. The zero-order chi connectivity index (χ0) is 61.5. The van der Waals surface area contributed by atoms with Crippen molar-refractivity contribution in [2.24, 2.45) is 11.3 Å². The number of rotatable bonds is 22. The summed E-state index contributed by atoms with van der Waals surface area (Å²) in [4.78, 5) is 62.4. The third kappa shape index (κ3) is 14.7. The molecule has 3 aromatic heterocycles. The minimum Gasteiger partial charge on any atom is -0.455 e. The van der Waals surface area contributed by atoms with Crippen LogP contribution in [0.2, 0.25) is 5.02 Å². The van der Waals surface area contributed by atoms with Crippen LogP contribution in [0.1, 0.15) is 115 Å². The number of unbranched alkanes of at least 4 members (excludes halogenated alkanes) is 1. The molecule has 1 unspecified atom stereocenters. The van der Waals surface area contributed by atoms with E-state index >= 15 is 0 Å². The number of halogens is 1. The predicted molar refractivity (Wildman–Crippen MR) is 334 cm³/mol. The number of sulfonamides is 1. The van der Waals surface area contributed by atoms with Gasteiger partial charge in [0.15, 0.2) is 0 Å². The van der Waals surface area contributed by atoms with E-state index in [2.05, 4.69) is 90.0 Å². The number of fused-ring (bicyclic) bond motifs is 2. The minimum absolute atomic E-state index is 0.0679. The molecular weight excluding hydrogens is 1160 g/mol. The topological polar surface area (TPSA) is 268 Å². The number of nitrogens with one attached hydrogen (secondary N) is 6. The SMILES string of the molecule is CC1(C)CCC(CNCCNc2ccc(C(=O)NS(=O)(=O)c3ccc(NCC4CCN(Cc5cnn(CCCC#Cc6cccc7c6CN(C6CCC(=O)NC6=O)C7=O)c5)CC4)c(N(O)O)c3)c(Oc3cnc4[nH]ccc4c3)c2)=C(c2ccc(Cl)cc2)C1. The molecule has 88 heavy (non-hydrogen) atoms. The van der Waals surface area contributed by atoms with Crippen LogP contribution in [0.25, 0.3) is 16.6 Å². The molecule has 1 atom stereocenters. The summed E-state index contributed by atoms with van der Waals surface area (Å²) in [6, 6.07) is 25.0. The van der Waals surface area contributed by atoms with E-state index in [1.165, 1.54) is 46.0 Å². The van der Waals surface area contributed by atoms with Crippen molar-refractivity contribution >= 4 is 78.9 Å². The maximum absolute atomic E-state index is 14.0. The predicted octanol–water partition coefficient (Wildman–Crippen LogP) is 9.49. The van der Waals surface area contributed by atoms with Gasteiger partial charge in [0.05, 0.1) is 28.5 Å². The monoisotopic (exact) mass is 1230 g/mol. The second-order valence-electron chi connectivity index (χ2n) is 23.7. The average molecular weight is 1230 g/mol. The molecule has 2 saturated heterocycles. The van der Waals surface area contributed by atoms with Crippen molar-refractivity contribution in [2.75, 3.05) is 55.1 Å². The molecule has 11 rings (SSSR count). The molecule has 2 fully saturated rings. The third-order valence-electron chi connectivity index (χ3n) is 16.8. The number of carbonyl (C=O) groups is 4. The van der Waals surface area contributed by atoms with E-state index in [0.717, 1.165) is 92.8 Å². The second kappa shape index (κ2) is 26.8. The maximum atomic E-state index is 14.0. The van der Waals surface area contributed by atoms with Crippen LogP contribution in [0.5, 0.6) is 11.5 Å². The van der Waals surface area contributed by atoms with Crippen molar-refractivity contribution in [3.8, 4) is 23.3 Å². The fraction of sp³-hybridized carbons (Fsp3) is 0.354. The van der Waals surface area contributed by atoms with Gasteiger partial charge in [-0.25, -0.2) is 18.1 Å². The largest absolute Gasteiger partial charge is 0.455 e. The summed E-state index contributed by atoms with van der Waals surface area (Å²) in [6.07, 6.45) is 13.9. The number of benzene rings is 4. The van der Waals surface area contributed by atoms with E-state index < -0.39 is 27.9 Å². The third-order valence-corrected chi connectivity index (χ3v) is 18.4. The molecule has 8 N–H and O–H groups in total. The molecule has 0 radical (unpaired) electrons. The van der Waals surface area contributed by atoms with E-state index in [0.29, 0.717) is 66.7 Å². The van der Waals surface area contributed by atoms with Gasteiger partial charge < -0.3 is 30.6 Å². The number of carbonyl (C=O) groups excluding carboxylic acids is 4. The molecule has 4 aromatic carbocycles. The summed E-state index contributed by atoms with van der Waals surface area (Å²) in [7, 11) is -4.58. The van der Waals surface area contributed by atoms with Crippen molar-refractivity contribution in [1.29, 1.82) is 0 Å². The maximum Gasteiger partial charge on any atom is 0.268 e. The van der Waals surface area contributed by atoms with Crippen LogP contribution in [0, 0.1) is 23.2 Å². The van der Waals surface area contributed by atoms with Gasteiger partial charge in [0.25, 0.3) is 21.8 Å². The smallest absolute Gasteiger partial charge is 0.268 e. The van der Waals surface area contributed by atoms with Crippen LogP contribution in [0.15, 0.2) is 126 Å². The Morgan fingerprint density at radius 3 is 2.58 bits per heavy atom. The molecule has 7 aromatic rings. The van der Waals surface area contributed by atoms with Gasteiger partial charge in [-0.3, -0.25) is 44.5 Å². The quantitative estimate of drug-likeness (QED) is 0.0136. The van der Waals surface area contributed by atoms with Crippen molar-refractivity contribution in [3.63, 3.8) is 0 Å². The second-order valence-corrected chi connectivity index (χ2v) is 25.8. The first-order valence-corrected chi connectivity index (χ1v) is 31.6. The lowest BCUT2D eigenvalue weighted by Gasteiger charge is -2.34. The number of ether oxygens (including phenoxy) is 1. The number of likely N-dealkylation sites (tertiary alicyclic amines) is 1. The highest BCUT2D eigenvalue weighted by molar-refractivity contribution is 7.90. The number of pyridine rings is 1. The standard InChI is InChI=1S/C65H71ClN12O9S/c1-65(2)24-20-47(54(34-65)45-10-12-48(66)13-11-45)37-67-26-27-68-49-14-16-53(59(32-49)87-50-31-46-21-25-69-61(46)71-38-50)62(80)74-88(85,86)51-15-17-56(58(33-51)78(83)84)70-35-42-22-29-75(30-23-42)39-43-36-72-76(40-43)28-5-3-4-7-44-8-6-9-52-55(44)41-77(64(52)82)57-18-19-60(79)73-63(57)81/h6,8-17,21,25,31-33,36,38,40,42,57,67-68,70,83-84H,3,5,18-20,22-24,26-30,34-35,37,39,41H2,1-2H3,(H,69,71)(H,74,80)(H,73,79,81). The molecule has 0 saturated carbocycles. The Morgan fingerprint density at radius 1 is 0.943 bits per heavy atom.